The molecule has 0 spiro atoms. The van der Waals surface area contributed by atoms with Gasteiger partial charge in [-0.2, -0.15) is 0 Å². The summed E-state index contributed by atoms with van der Waals surface area (Å²) in [6, 6.07) is -1.26. The maximum atomic E-state index is 12.0. The van der Waals surface area contributed by atoms with Crippen molar-refractivity contribution in [1.29, 1.82) is 0 Å². The van der Waals surface area contributed by atoms with Gasteiger partial charge in [-0.25, -0.2) is 4.79 Å². The maximum absolute atomic E-state index is 12.0. The largest absolute Gasteiger partial charge is 0.480 e. The van der Waals surface area contributed by atoms with E-state index >= 15 is 0 Å². The molecule has 2 atom stereocenters. The Kier molecular flexibility index (Phi) is 6.14. The molecule has 1 fully saturated rings. The van der Waals surface area contributed by atoms with Crippen LogP contribution < -0.4 is 10.6 Å². The number of carbonyl (C=O) groups is 3. The van der Waals surface area contributed by atoms with Crippen LogP contribution in [0, 0.1) is 5.92 Å². The van der Waals surface area contributed by atoms with Crippen LogP contribution in [0.15, 0.2) is 0 Å². The third-order valence-electron chi connectivity index (χ3n) is 3.07. The topological polar surface area (TPSA) is 105 Å². The second kappa shape index (κ2) is 7.40. The summed E-state index contributed by atoms with van der Waals surface area (Å²) in [5.41, 5.74) is -0.683. The summed E-state index contributed by atoms with van der Waals surface area (Å²) in [5.74, 6) is -2.47. The quantitative estimate of drug-likeness (QED) is 0.630. The molecule has 0 radical (unpaired) electrons. The van der Waals surface area contributed by atoms with Gasteiger partial charge in [-0.3, -0.25) is 9.59 Å². The molecule has 120 valence electrons. The number of piperidine rings is 1. The van der Waals surface area contributed by atoms with E-state index in [1.165, 1.54) is 0 Å². The summed E-state index contributed by atoms with van der Waals surface area (Å²) in [4.78, 5) is 34.9. The van der Waals surface area contributed by atoms with Crippen molar-refractivity contribution < 1.29 is 24.2 Å². The summed E-state index contributed by atoms with van der Waals surface area (Å²) in [7, 11) is 0. The molecule has 0 bridgehead atoms. The highest BCUT2D eigenvalue weighted by Gasteiger charge is 2.29. The van der Waals surface area contributed by atoms with Crippen molar-refractivity contribution in [3.8, 4) is 0 Å². The fourth-order valence-corrected chi connectivity index (χ4v) is 2.12. The summed E-state index contributed by atoms with van der Waals surface area (Å²) >= 11 is 0. The molecule has 1 rings (SSSR count). The molecule has 0 aromatic heterocycles. The first kappa shape index (κ1) is 17.4. The minimum Gasteiger partial charge on any atom is -0.480 e. The minimum atomic E-state index is -1.26. The van der Waals surface area contributed by atoms with Gasteiger partial charge in [0, 0.05) is 6.54 Å². The van der Waals surface area contributed by atoms with E-state index < -0.39 is 23.6 Å². The van der Waals surface area contributed by atoms with Crippen LogP contribution in [0.25, 0.3) is 0 Å². The van der Waals surface area contributed by atoms with Gasteiger partial charge in [0.05, 0.1) is 12.3 Å². The number of hydrogen-bond donors (Lipinski definition) is 3. The predicted octanol–water partition coefficient (Wildman–Crippen LogP) is 0.287. The Hall–Kier alpha value is -1.63. The Morgan fingerprint density at radius 2 is 2.05 bits per heavy atom. The summed E-state index contributed by atoms with van der Waals surface area (Å²) in [6.07, 6.45) is 1.22. The van der Waals surface area contributed by atoms with Crippen molar-refractivity contribution in [3.05, 3.63) is 0 Å². The van der Waals surface area contributed by atoms with Crippen molar-refractivity contribution in [1.82, 2.24) is 10.6 Å². The lowest BCUT2D eigenvalue weighted by Crippen LogP contribution is -2.48. The van der Waals surface area contributed by atoms with Crippen LogP contribution in [0.4, 0.5) is 0 Å². The fourth-order valence-electron chi connectivity index (χ4n) is 2.12. The van der Waals surface area contributed by atoms with Gasteiger partial charge < -0.3 is 20.5 Å². The average Bonchev–Trinajstić information content (AvgIpc) is 2.36. The number of rotatable bonds is 5. The van der Waals surface area contributed by atoms with Gasteiger partial charge in [-0.15, -0.1) is 0 Å². The Bertz CT molecular complexity index is 397. The molecule has 7 heteroatoms. The highest BCUT2D eigenvalue weighted by molar-refractivity contribution is 5.88. The number of hydrogen-bond acceptors (Lipinski definition) is 5. The second-order valence-corrected chi connectivity index (χ2v) is 6.23. The van der Waals surface area contributed by atoms with E-state index in [2.05, 4.69) is 10.6 Å². The van der Waals surface area contributed by atoms with Crippen LogP contribution >= 0.6 is 0 Å². The van der Waals surface area contributed by atoms with Gasteiger partial charge >= 0.3 is 11.9 Å². The van der Waals surface area contributed by atoms with Crippen LogP contribution in [0.2, 0.25) is 0 Å². The lowest BCUT2D eigenvalue weighted by atomic mass is 9.98. The van der Waals surface area contributed by atoms with Crippen LogP contribution in [0.5, 0.6) is 0 Å². The zero-order chi connectivity index (χ0) is 16.0. The molecule has 1 aliphatic heterocycles. The van der Waals surface area contributed by atoms with Crippen LogP contribution in [-0.2, 0) is 19.1 Å². The molecule has 0 aromatic carbocycles. The van der Waals surface area contributed by atoms with Crippen molar-refractivity contribution in [3.63, 3.8) is 0 Å². The molecule has 0 aliphatic carbocycles. The van der Waals surface area contributed by atoms with Gasteiger partial charge in [0.1, 0.15) is 11.6 Å². The number of amides is 1. The van der Waals surface area contributed by atoms with Crippen molar-refractivity contribution in [2.24, 2.45) is 5.92 Å². The minimum absolute atomic E-state index is 0.251. The zero-order valence-corrected chi connectivity index (χ0v) is 12.8. The number of ether oxygens (including phenoxy) is 1. The van der Waals surface area contributed by atoms with E-state index in [1.807, 2.05) is 0 Å². The normalized spacial score (nSPS) is 20.4. The molecule has 3 N–H and O–H groups in total. The predicted molar refractivity (Wildman–Crippen MR) is 75.6 cm³/mol. The zero-order valence-electron chi connectivity index (χ0n) is 12.8. The molecule has 1 amide bonds. The summed E-state index contributed by atoms with van der Waals surface area (Å²) in [5, 5.41) is 14.6. The summed E-state index contributed by atoms with van der Waals surface area (Å²) in [6.45, 7) is 6.50. The first-order chi connectivity index (χ1) is 9.69. The fraction of sp³-hybridized carbons (Fsp3) is 0.786. The average molecular weight is 300 g/mol. The molecular weight excluding hydrogens is 276 g/mol. The smallest absolute Gasteiger partial charge is 0.326 e. The first-order valence-corrected chi connectivity index (χ1v) is 7.15. The highest BCUT2D eigenvalue weighted by atomic mass is 16.6. The summed E-state index contributed by atoms with van der Waals surface area (Å²) < 4.78 is 5.08. The Morgan fingerprint density at radius 1 is 1.38 bits per heavy atom. The van der Waals surface area contributed by atoms with E-state index in [4.69, 9.17) is 9.84 Å². The lowest BCUT2D eigenvalue weighted by molar-refractivity contribution is -0.158. The van der Waals surface area contributed by atoms with Gasteiger partial charge in [-0.1, -0.05) is 0 Å². The van der Waals surface area contributed by atoms with Gasteiger partial charge in [0.25, 0.3) is 0 Å². The third kappa shape index (κ3) is 6.57. The highest BCUT2D eigenvalue weighted by Crippen LogP contribution is 2.12. The Balaban J connectivity index is 2.55. The van der Waals surface area contributed by atoms with Crippen molar-refractivity contribution in [2.75, 3.05) is 13.1 Å². The Morgan fingerprint density at radius 3 is 2.52 bits per heavy atom. The first-order valence-electron chi connectivity index (χ1n) is 7.15. The second-order valence-electron chi connectivity index (χ2n) is 6.23. The van der Waals surface area contributed by atoms with E-state index in [9.17, 15) is 14.4 Å². The molecule has 21 heavy (non-hydrogen) atoms. The van der Waals surface area contributed by atoms with Gasteiger partial charge in [-0.05, 0) is 40.2 Å². The molecule has 7 nitrogen and oxygen atoms in total. The number of carbonyl (C=O) groups excluding carboxylic acids is 2. The van der Waals surface area contributed by atoms with Crippen LogP contribution in [-0.4, -0.2) is 47.7 Å². The van der Waals surface area contributed by atoms with Crippen LogP contribution in [0.1, 0.15) is 40.0 Å². The number of carboxylic acids is 1. The molecule has 0 aromatic rings. The Labute approximate surface area is 124 Å². The van der Waals surface area contributed by atoms with E-state index in [1.54, 1.807) is 20.8 Å². The number of nitrogens with one attached hydrogen (secondary N) is 2. The SMILES string of the molecule is CC(C)(C)OC(=O)C[C@H](NC(=O)[C@H]1CCCNC1)C(=O)O. The van der Waals surface area contributed by atoms with Crippen LogP contribution in [0.3, 0.4) is 0 Å². The number of esters is 1. The maximum Gasteiger partial charge on any atom is 0.326 e. The number of aliphatic carboxylic acids is 1. The monoisotopic (exact) mass is 300 g/mol. The molecular formula is C14H24N2O5. The molecule has 1 aliphatic rings. The van der Waals surface area contributed by atoms with Crippen molar-refractivity contribution >= 4 is 17.8 Å². The van der Waals surface area contributed by atoms with Gasteiger partial charge in [0.2, 0.25) is 5.91 Å². The molecule has 0 saturated carbocycles. The lowest BCUT2D eigenvalue weighted by Gasteiger charge is -2.24. The molecule has 1 saturated heterocycles. The van der Waals surface area contributed by atoms with Crippen molar-refractivity contribution in [2.45, 2.75) is 51.7 Å². The van der Waals surface area contributed by atoms with E-state index in [-0.39, 0.29) is 18.2 Å². The third-order valence-corrected chi connectivity index (χ3v) is 3.07. The molecule has 0 unspecified atom stereocenters. The van der Waals surface area contributed by atoms with E-state index in [0.717, 1.165) is 19.4 Å². The van der Waals surface area contributed by atoms with Gasteiger partial charge in [0.15, 0.2) is 0 Å². The molecule has 1 heterocycles. The van der Waals surface area contributed by atoms with E-state index in [0.29, 0.717) is 6.54 Å². The standard InChI is InChI=1S/C14H24N2O5/c1-14(2,3)21-11(17)7-10(13(19)20)16-12(18)9-5-4-6-15-8-9/h9-10,15H,4-8H2,1-3H3,(H,16,18)(H,19,20)/t9-,10-/m0/s1. The number of carboxylic acid groups (broad SMARTS) is 1.